The number of methoxy groups -OCH3 is 1. The summed E-state index contributed by atoms with van der Waals surface area (Å²) in [5.74, 6) is 1.49. The number of ether oxygens (including phenoxy) is 1. The highest BCUT2D eigenvalue weighted by atomic mass is 32.2. The Hall–Kier alpha value is -0.850. The summed E-state index contributed by atoms with van der Waals surface area (Å²) in [5.41, 5.74) is 0. The van der Waals surface area contributed by atoms with Crippen molar-refractivity contribution in [3.63, 3.8) is 0 Å². The van der Waals surface area contributed by atoms with Gasteiger partial charge in [0.15, 0.2) is 5.82 Å². The van der Waals surface area contributed by atoms with Gasteiger partial charge in [-0.05, 0) is 13.3 Å². The van der Waals surface area contributed by atoms with Crippen LogP contribution in [-0.2, 0) is 11.3 Å². The first-order valence-electron chi connectivity index (χ1n) is 6.07. The van der Waals surface area contributed by atoms with Gasteiger partial charge in [-0.25, -0.2) is 9.97 Å². The van der Waals surface area contributed by atoms with Crippen LogP contribution in [0.2, 0.25) is 0 Å². The zero-order valence-electron chi connectivity index (χ0n) is 11.1. The molecule has 1 aromatic heterocycles. The van der Waals surface area contributed by atoms with E-state index in [9.17, 15) is 0 Å². The molecule has 1 heterocycles. The largest absolute Gasteiger partial charge is 0.396 e. The molecule has 1 rings (SSSR count). The minimum Gasteiger partial charge on any atom is -0.396 e. The summed E-state index contributed by atoms with van der Waals surface area (Å²) in [7, 11) is 1.63. The van der Waals surface area contributed by atoms with Gasteiger partial charge in [0.2, 0.25) is 0 Å². The number of aliphatic hydroxyl groups is 1. The van der Waals surface area contributed by atoms with Crippen LogP contribution in [0.15, 0.2) is 11.1 Å². The second-order valence-electron chi connectivity index (χ2n) is 3.91. The topological polar surface area (TPSA) is 67.3 Å². The van der Waals surface area contributed by atoms with Gasteiger partial charge < -0.3 is 15.2 Å². The normalized spacial score (nSPS) is 12.4. The maximum atomic E-state index is 8.91. The molecule has 0 fully saturated rings. The Morgan fingerprint density at radius 3 is 2.89 bits per heavy atom. The number of anilines is 1. The standard InChI is InChI=1S/C12H21N3O2S/c1-4-13-10-7-12(18-9(2)5-6-16)15-11(14-10)8-17-3/h7,9,16H,4-6,8H2,1-3H3,(H,13,14,15). The van der Waals surface area contributed by atoms with Gasteiger partial charge in [0.25, 0.3) is 0 Å². The Morgan fingerprint density at radius 2 is 2.28 bits per heavy atom. The molecule has 102 valence electrons. The number of thioether (sulfide) groups is 1. The fourth-order valence-electron chi connectivity index (χ4n) is 1.45. The van der Waals surface area contributed by atoms with Crippen molar-refractivity contribution in [1.29, 1.82) is 0 Å². The molecule has 1 unspecified atom stereocenters. The molecule has 0 aromatic carbocycles. The van der Waals surface area contributed by atoms with E-state index in [4.69, 9.17) is 9.84 Å². The molecule has 0 saturated carbocycles. The summed E-state index contributed by atoms with van der Waals surface area (Å²) in [4.78, 5) is 8.79. The smallest absolute Gasteiger partial charge is 0.157 e. The highest BCUT2D eigenvalue weighted by Crippen LogP contribution is 2.25. The molecule has 6 heteroatoms. The van der Waals surface area contributed by atoms with Crippen molar-refractivity contribution in [3.05, 3.63) is 11.9 Å². The Morgan fingerprint density at radius 1 is 1.50 bits per heavy atom. The van der Waals surface area contributed by atoms with Crippen molar-refractivity contribution in [2.45, 2.75) is 37.2 Å². The molecular formula is C12H21N3O2S. The number of aliphatic hydroxyl groups excluding tert-OH is 1. The van der Waals surface area contributed by atoms with Crippen molar-refractivity contribution in [1.82, 2.24) is 9.97 Å². The summed E-state index contributed by atoms with van der Waals surface area (Å²) < 4.78 is 5.07. The average Bonchev–Trinajstić information content (AvgIpc) is 2.29. The molecule has 18 heavy (non-hydrogen) atoms. The quantitative estimate of drug-likeness (QED) is 0.556. The lowest BCUT2D eigenvalue weighted by atomic mass is 10.3. The monoisotopic (exact) mass is 271 g/mol. The zero-order valence-corrected chi connectivity index (χ0v) is 12.0. The lowest BCUT2D eigenvalue weighted by Gasteiger charge is -2.11. The van der Waals surface area contributed by atoms with Crippen LogP contribution in [-0.4, -0.2) is 40.6 Å². The first kappa shape index (κ1) is 15.2. The van der Waals surface area contributed by atoms with Gasteiger partial charge in [0.05, 0.1) is 0 Å². The van der Waals surface area contributed by atoms with Crippen LogP contribution in [0.1, 0.15) is 26.1 Å². The van der Waals surface area contributed by atoms with E-state index in [1.54, 1.807) is 18.9 Å². The zero-order chi connectivity index (χ0) is 13.4. The molecule has 0 saturated heterocycles. The number of hydrogen-bond acceptors (Lipinski definition) is 6. The molecule has 0 radical (unpaired) electrons. The van der Waals surface area contributed by atoms with Crippen molar-refractivity contribution < 1.29 is 9.84 Å². The van der Waals surface area contributed by atoms with Crippen molar-refractivity contribution in [2.75, 3.05) is 25.6 Å². The lowest BCUT2D eigenvalue weighted by molar-refractivity contribution is 0.177. The van der Waals surface area contributed by atoms with Gasteiger partial charge in [0, 0.05) is 31.6 Å². The summed E-state index contributed by atoms with van der Waals surface area (Å²) >= 11 is 1.64. The fraction of sp³-hybridized carbons (Fsp3) is 0.667. The summed E-state index contributed by atoms with van der Waals surface area (Å²) in [6.07, 6.45) is 0.755. The third-order valence-electron chi connectivity index (χ3n) is 2.24. The molecule has 0 aliphatic heterocycles. The summed E-state index contributed by atoms with van der Waals surface area (Å²) in [6.45, 7) is 5.52. The van der Waals surface area contributed by atoms with Crippen molar-refractivity contribution in [3.8, 4) is 0 Å². The van der Waals surface area contributed by atoms with E-state index >= 15 is 0 Å². The van der Waals surface area contributed by atoms with Gasteiger partial charge in [-0.1, -0.05) is 6.92 Å². The van der Waals surface area contributed by atoms with E-state index in [1.807, 2.05) is 13.0 Å². The Balaban J connectivity index is 2.81. The molecule has 0 bridgehead atoms. The lowest BCUT2D eigenvalue weighted by Crippen LogP contribution is -2.06. The number of hydrogen-bond donors (Lipinski definition) is 2. The predicted molar refractivity (Wildman–Crippen MR) is 73.9 cm³/mol. The van der Waals surface area contributed by atoms with Gasteiger partial charge in [-0.2, -0.15) is 0 Å². The summed E-state index contributed by atoms with van der Waals surface area (Å²) in [6, 6.07) is 1.93. The van der Waals surface area contributed by atoms with Crippen LogP contribution in [0.25, 0.3) is 0 Å². The molecule has 0 spiro atoms. The molecule has 2 N–H and O–H groups in total. The highest BCUT2D eigenvalue weighted by Gasteiger charge is 2.09. The SMILES string of the molecule is CCNc1cc(SC(C)CCO)nc(COC)n1. The molecule has 5 nitrogen and oxygen atoms in total. The van der Waals surface area contributed by atoms with Crippen LogP contribution < -0.4 is 5.32 Å². The average molecular weight is 271 g/mol. The van der Waals surface area contributed by atoms with Crippen molar-refractivity contribution in [2.24, 2.45) is 0 Å². The van der Waals surface area contributed by atoms with Crippen LogP contribution in [0, 0.1) is 0 Å². The number of aromatic nitrogens is 2. The van der Waals surface area contributed by atoms with Crippen LogP contribution in [0.4, 0.5) is 5.82 Å². The fourth-order valence-corrected chi connectivity index (χ4v) is 2.42. The first-order chi connectivity index (χ1) is 8.69. The molecule has 0 aliphatic rings. The molecular weight excluding hydrogens is 250 g/mol. The summed E-state index contributed by atoms with van der Waals surface area (Å²) in [5, 5.41) is 13.3. The van der Waals surface area contributed by atoms with Gasteiger partial charge in [-0.3, -0.25) is 0 Å². The Kier molecular flexibility index (Phi) is 7.00. The molecule has 0 aliphatic carbocycles. The van der Waals surface area contributed by atoms with Crippen LogP contribution in [0.5, 0.6) is 0 Å². The van der Waals surface area contributed by atoms with Crippen LogP contribution in [0.3, 0.4) is 0 Å². The number of nitrogens with zero attached hydrogens (tertiary/aromatic N) is 2. The second kappa shape index (κ2) is 8.29. The van der Waals surface area contributed by atoms with E-state index in [0.29, 0.717) is 17.7 Å². The van der Waals surface area contributed by atoms with E-state index in [2.05, 4.69) is 22.2 Å². The molecule has 1 aromatic rings. The first-order valence-corrected chi connectivity index (χ1v) is 6.95. The predicted octanol–water partition coefficient (Wildman–Crippen LogP) is 1.92. The highest BCUT2D eigenvalue weighted by molar-refractivity contribution is 7.99. The Labute approximate surface area is 112 Å². The minimum absolute atomic E-state index is 0.199. The number of nitrogens with one attached hydrogen (secondary N) is 1. The van der Waals surface area contributed by atoms with Gasteiger partial charge >= 0.3 is 0 Å². The molecule has 0 amide bonds. The molecule has 1 atom stereocenters. The Bertz CT molecular complexity index is 339. The van der Waals surface area contributed by atoms with Crippen molar-refractivity contribution >= 4 is 17.6 Å². The third kappa shape index (κ3) is 5.20. The second-order valence-corrected chi connectivity index (χ2v) is 5.37. The van der Waals surface area contributed by atoms with Gasteiger partial charge in [0.1, 0.15) is 17.5 Å². The van der Waals surface area contributed by atoms with E-state index in [1.165, 1.54) is 0 Å². The van der Waals surface area contributed by atoms with Crippen LogP contribution >= 0.6 is 11.8 Å². The maximum absolute atomic E-state index is 8.91. The van der Waals surface area contributed by atoms with E-state index in [0.717, 1.165) is 23.8 Å². The van der Waals surface area contributed by atoms with E-state index in [-0.39, 0.29) is 6.61 Å². The van der Waals surface area contributed by atoms with Gasteiger partial charge in [-0.15, -0.1) is 11.8 Å². The maximum Gasteiger partial charge on any atom is 0.157 e. The number of rotatable bonds is 8. The minimum atomic E-state index is 0.199. The third-order valence-corrected chi connectivity index (χ3v) is 3.33. The van der Waals surface area contributed by atoms with E-state index < -0.39 is 0 Å².